The first kappa shape index (κ1) is 30.0. The second-order valence-electron chi connectivity index (χ2n) is 13.9. The first-order chi connectivity index (χ1) is 22.8. The average Bonchev–Trinajstić information content (AvgIpc) is 3.62. The molecule has 47 heavy (non-hydrogen) atoms. The number of carbonyl (C=O) groups is 1. The summed E-state index contributed by atoms with van der Waals surface area (Å²) >= 11 is 1.57. The van der Waals surface area contributed by atoms with Crippen LogP contribution in [0.1, 0.15) is 67.2 Å². The molecule has 0 aliphatic heterocycles. The number of hydrogen-bond donors (Lipinski definition) is 1. The molecular weight excluding hydrogens is 609 g/mol. The Hall–Kier alpha value is -4.38. The summed E-state index contributed by atoms with van der Waals surface area (Å²) in [5.74, 6) is 4.02. The number of pyridine rings is 1. The lowest BCUT2D eigenvalue weighted by atomic mass is 9.49. The third kappa shape index (κ3) is 5.54. The van der Waals surface area contributed by atoms with Crippen LogP contribution < -0.4 is 10.2 Å². The van der Waals surface area contributed by atoms with Gasteiger partial charge in [-0.2, -0.15) is 5.10 Å². The number of rotatable bonds is 9. The largest absolute Gasteiger partial charge is 0.461 e. The number of aromatic nitrogens is 6. The highest BCUT2D eigenvalue weighted by Crippen LogP contribution is 2.60. The lowest BCUT2D eigenvalue weighted by Crippen LogP contribution is -2.48. The molecule has 5 aromatic rings. The average molecular weight is 649 g/mol. The van der Waals surface area contributed by atoms with Crippen molar-refractivity contribution in [1.82, 2.24) is 29.9 Å². The highest BCUT2D eigenvalue weighted by molar-refractivity contribution is 7.22. The molecule has 4 saturated carbocycles. The fourth-order valence-electron chi connectivity index (χ4n) is 8.78. The van der Waals surface area contributed by atoms with Crippen molar-refractivity contribution >= 4 is 50.1 Å². The van der Waals surface area contributed by atoms with Crippen LogP contribution in [0.5, 0.6) is 0 Å². The molecule has 4 aliphatic rings. The van der Waals surface area contributed by atoms with E-state index in [0.717, 1.165) is 62.0 Å². The number of thiazole rings is 1. The molecule has 9 rings (SSSR count). The minimum atomic E-state index is -0.455. The third-order valence-electron chi connectivity index (χ3n) is 10.6. The van der Waals surface area contributed by atoms with Gasteiger partial charge in [-0.15, -0.1) is 10.2 Å². The van der Waals surface area contributed by atoms with Gasteiger partial charge in [0.1, 0.15) is 5.82 Å². The predicted octanol–water partition coefficient (Wildman–Crippen LogP) is 7.87. The Balaban J connectivity index is 1.06. The third-order valence-corrected chi connectivity index (χ3v) is 11.5. The number of anilines is 4. The predicted molar refractivity (Wildman–Crippen MR) is 184 cm³/mol. The van der Waals surface area contributed by atoms with Crippen molar-refractivity contribution in [2.24, 2.45) is 23.2 Å². The fraction of sp³-hybridized carbons (Fsp3) is 0.444. The van der Waals surface area contributed by atoms with Crippen molar-refractivity contribution in [3.63, 3.8) is 0 Å². The van der Waals surface area contributed by atoms with Gasteiger partial charge < -0.3 is 15.0 Å². The maximum absolute atomic E-state index is 13.3. The first-order valence-electron chi connectivity index (χ1n) is 16.7. The molecule has 4 bridgehead atoms. The van der Waals surface area contributed by atoms with Crippen LogP contribution in [0.3, 0.4) is 0 Å². The van der Waals surface area contributed by atoms with E-state index in [1.54, 1.807) is 11.3 Å². The molecule has 11 heteroatoms. The molecule has 4 heterocycles. The molecule has 0 spiro atoms. The van der Waals surface area contributed by atoms with Crippen molar-refractivity contribution in [3.05, 3.63) is 65.6 Å². The lowest BCUT2D eigenvalue weighted by Gasteiger charge is -2.56. The van der Waals surface area contributed by atoms with Crippen molar-refractivity contribution < 1.29 is 9.53 Å². The van der Waals surface area contributed by atoms with Gasteiger partial charge in [-0.3, -0.25) is 4.68 Å². The number of nitrogens with zero attached hydrogens (tertiary/aromatic N) is 7. The minimum absolute atomic E-state index is 0.262. The van der Waals surface area contributed by atoms with Gasteiger partial charge in [0.2, 0.25) is 0 Å². The number of para-hydroxylation sites is 1. The van der Waals surface area contributed by atoms with Gasteiger partial charge in [0.05, 0.1) is 23.0 Å². The number of carbonyl (C=O) groups excluding carboxylic acids is 1. The monoisotopic (exact) mass is 648 g/mol. The second-order valence-corrected chi connectivity index (χ2v) is 14.9. The summed E-state index contributed by atoms with van der Waals surface area (Å²) in [4.78, 5) is 24.7. The van der Waals surface area contributed by atoms with E-state index in [1.165, 1.54) is 38.5 Å². The molecule has 0 radical (unpaired) electrons. The van der Waals surface area contributed by atoms with Crippen LogP contribution in [0, 0.1) is 37.0 Å². The van der Waals surface area contributed by atoms with Crippen molar-refractivity contribution in [1.29, 1.82) is 0 Å². The van der Waals surface area contributed by atoms with Gasteiger partial charge in [-0.05, 0) is 118 Å². The molecule has 242 valence electrons. The molecule has 4 aromatic heterocycles. The number of nitrogens with one attached hydrogen (secondary N) is 1. The number of hydrogen-bond acceptors (Lipinski definition) is 10. The number of esters is 1. The summed E-state index contributed by atoms with van der Waals surface area (Å²) in [7, 11) is 1.87. The number of aryl methyl sites for hydroxylation is 1. The van der Waals surface area contributed by atoms with Gasteiger partial charge in [-0.1, -0.05) is 23.5 Å². The number of fused-ring (bicyclic) bond motifs is 1. The molecule has 10 nitrogen and oxygen atoms in total. The van der Waals surface area contributed by atoms with E-state index in [2.05, 4.69) is 32.1 Å². The molecule has 4 aliphatic carbocycles. The Morgan fingerprint density at radius 3 is 2.45 bits per heavy atom. The Morgan fingerprint density at radius 2 is 1.74 bits per heavy atom. The second kappa shape index (κ2) is 11.7. The maximum Gasteiger partial charge on any atom is 0.357 e. The van der Waals surface area contributed by atoms with Gasteiger partial charge in [0.15, 0.2) is 22.5 Å². The zero-order valence-electron chi connectivity index (χ0n) is 27.4. The number of ether oxygens (including phenoxy) is 1. The molecule has 0 unspecified atom stereocenters. The summed E-state index contributed by atoms with van der Waals surface area (Å²) in [6.07, 6.45) is 10.1. The molecule has 4 fully saturated rings. The summed E-state index contributed by atoms with van der Waals surface area (Å²) in [5, 5.41) is 17.9. The van der Waals surface area contributed by atoms with Crippen LogP contribution in [-0.4, -0.2) is 49.6 Å². The molecule has 1 aromatic carbocycles. The van der Waals surface area contributed by atoms with Crippen LogP contribution in [0.25, 0.3) is 21.3 Å². The molecule has 0 atom stereocenters. The highest BCUT2D eigenvalue weighted by atomic mass is 32.1. The van der Waals surface area contributed by atoms with Crippen LogP contribution in [-0.2, 0) is 11.3 Å². The Kier molecular flexibility index (Phi) is 7.46. The van der Waals surface area contributed by atoms with E-state index in [-0.39, 0.29) is 12.3 Å². The first-order valence-corrected chi connectivity index (χ1v) is 17.5. The normalized spacial score (nSPS) is 22.9. The quantitative estimate of drug-likeness (QED) is 0.160. The maximum atomic E-state index is 13.3. The number of benzene rings is 1. The topological polar surface area (TPSA) is 111 Å². The summed E-state index contributed by atoms with van der Waals surface area (Å²) in [5.41, 5.74) is 5.19. The van der Waals surface area contributed by atoms with E-state index >= 15 is 0 Å². The van der Waals surface area contributed by atoms with Gasteiger partial charge in [0, 0.05) is 30.4 Å². The summed E-state index contributed by atoms with van der Waals surface area (Å²) in [6.45, 7) is 7.11. The zero-order chi connectivity index (χ0) is 32.3. The summed E-state index contributed by atoms with van der Waals surface area (Å²) in [6, 6.07) is 13.8. The van der Waals surface area contributed by atoms with E-state index < -0.39 is 5.97 Å². The van der Waals surface area contributed by atoms with Crippen LogP contribution in [0.2, 0.25) is 0 Å². The van der Waals surface area contributed by atoms with Crippen molar-refractivity contribution in [2.75, 3.05) is 23.9 Å². The van der Waals surface area contributed by atoms with Crippen molar-refractivity contribution in [3.8, 4) is 11.1 Å². The van der Waals surface area contributed by atoms with Gasteiger partial charge in [-0.25, -0.2) is 14.8 Å². The van der Waals surface area contributed by atoms with Crippen molar-refractivity contribution in [2.45, 2.75) is 65.8 Å². The van der Waals surface area contributed by atoms with E-state index in [1.807, 2.05) is 74.5 Å². The fourth-order valence-corrected chi connectivity index (χ4v) is 9.65. The van der Waals surface area contributed by atoms with Gasteiger partial charge >= 0.3 is 5.97 Å². The van der Waals surface area contributed by atoms with Gasteiger partial charge in [0.25, 0.3) is 0 Å². The van der Waals surface area contributed by atoms with E-state index in [4.69, 9.17) is 14.8 Å². The van der Waals surface area contributed by atoms with E-state index in [9.17, 15) is 4.79 Å². The molecule has 1 N–H and O–H groups in total. The van der Waals surface area contributed by atoms with E-state index in [0.29, 0.717) is 22.9 Å². The molecule has 0 saturated heterocycles. The molecule has 0 amide bonds. The molecular formula is C36H40N8O2S. The standard InChI is InChI=1S/C36H40N8O2S/c1-5-46-34(45)32-26(27-19-37-44(22(27)3)20-36-16-23-13-24(17-36)15-25(14-23)18-36)10-11-30(39-32)43(4)31-12-21(2)33(42-41-31)40-35-38-28-8-6-7-9-29(28)47-35/h6-12,19,23-25H,5,13-18,20H2,1-4H3,(H,38,40,42). The van der Waals surface area contributed by atoms with Crippen LogP contribution in [0.4, 0.5) is 22.6 Å². The lowest BCUT2D eigenvalue weighted by molar-refractivity contribution is -0.0638. The minimum Gasteiger partial charge on any atom is -0.461 e. The Morgan fingerprint density at radius 1 is 1.00 bits per heavy atom. The smallest absolute Gasteiger partial charge is 0.357 e. The Labute approximate surface area is 278 Å². The summed E-state index contributed by atoms with van der Waals surface area (Å²) < 4.78 is 8.78. The Bertz CT molecular complexity index is 1910. The van der Waals surface area contributed by atoms with Crippen LogP contribution >= 0.6 is 11.3 Å². The zero-order valence-corrected chi connectivity index (χ0v) is 28.2. The van der Waals surface area contributed by atoms with Crippen LogP contribution in [0.15, 0.2) is 48.7 Å². The SMILES string of the molecule is CCOC(=O)c1nc(N(C)c2cc(C)c(Nc3nc4ccccc4s3)nn2)ccc1-c1cnn(CC23CC4CC(CC(C4)C2)C3)c1C. The highest BCUT2D eigenvalue weighted by Gasteiger charge is 2.51.